The molecular weight excluding hydrogens is 152 g/mol. The SMILES string of the molecule is CC(=O)/C(CC(C)(C)C)=C(/C)O. The summed E-state index contributed by atoms with van der Waals surface area (Å²) in [5.41, 5.74) is 0.591. The van der Waals surface area contributed by atoms with E-state index >= 15 is 0 Å². The number of rotatable bonds is 2. The summed E-state index contributed by atoms with van der Waals surface area (Å²) in [4.78, 5) is 11.0. The van der Waals surface area contributed by atoms with Crippen molar-refractivity contribution >= 4 is 5.78 Å². The highest BCUT2D eigenvalue weighted by Crippen LogP contribution is 2.25. The average Bonchev–Trinajstić information content (AvgIpc) is 1.79. The van der Waals surface area contributed by atoms with Gasteiger partial charge in [0.15, 0.2) is 5.78 Å². The normalized spacial score (nSPS) is 14.1. The molecule has 2 nitrogen and oxygen atoms in total. The van der Waals surface area contributed by atoms with Gasteiger partial charge in [-0.15, -0.1) is 0 Å². The predicted molar refractivity (Wildman–Crippen MR) is 50.1 cm³/mol. The van der Waals surface area contributed by atoms with E-state index in [9.17, 15) is 9.90 Å². The molecule has 2 heteroatoms. The van der Waals surface area contributed by atoms with Crippen molar-refractivity contribution in [1.82, 2.24) is 0 Å². The lowest BCUT2D eigenvalue weighted by Gasteiger charge is -2.19. The summed E-state index contributed by atoms with van der Waals surface area (Å²) >= 11 is 0. The lowest BCUT2D eigenvalue weighted by molar-refractivity contribution is -0.114. The molecule has 0 aliphatic rings. The minimum atomic E-state index is -0.0371. The minimum absolute atomic E-state index is 0.0371. The molecule has 0 amide bonds. The molecule has 0 aliphatic heterocycles. The van der Waals surface area contributed by atoms with Gasteiger partial charge in [0.05, 0.1) is 5.76 Å². The Morgan fingerprint density at radius 2 is 1.67 bits per heavy atom. The van der Waals surface area contributed by atoms with Crippen LogP contribution in [0.4, 0.5) is 0 Å². The van der Waals surface area contributed by atoms with Gasteiger partial charge in [-0.3, -0.25) is 4.79 Å². The van der Waals surface area contributed by atoms with Crippen LogP contribution >= 0.6 is 0 Å². The van der Waals surface area contributed by atoms with E-state index in [4.69, 9.17) is 0 Å². The van der Waals surface area contributed by atoms with Gasteiger partial charge in [-0.25, -0.2) is 0 Å². The number of hydrogen-bond acceptors (Lipinski definition) is 2. The molecule has 0 saturated heterocycles. The second-order valence-corrected chi connectivity index (χ2v) is 4.36. The fourth-order valence-electron chi connectivity index (χ4n) is 1.04. The second-order valence-electron chi connectivity index (χ2n) is 4.36. The standard InChI is InChI=1S/C10H18O2/c1-7(11)9(8(2)12)6-10(3,4)5/h11H,6H2,1-5H3/b9-7-. The van der Waals surface area contributed by atoms with Gasteiger partial charge < -0.3 is 5.11 Å². The number of carbonyl (C=O) groups is 1. The molecule has 0 spiro atoms. The maximum Gasteiger partial charge on any atom is 0.159 e. The summed E-state index contributed by atoms with van der Waals surface area (Å²) in [5.74, 6) is 0.113. The first-order chi connectivity index (χ1) is 5.24. The number of ketones is 1. The van der Waals surface area contributed by atoms with Crippen LogP contribution in [0.5, 0.6) is 0 Å². The predicted octanol–water partition coefficient (Wildman–Crippen LogP) is 2.84. The van der Waals surface area contributed by atoms with Crippen LogP contribution in [-0.4, -0.2) is 10.9 Å². The Kier molecular flexibility index (Phi) is 3.50. The third-order valence-corrected chi connectivity index (χ3v) is 1.57. The molecule has 0 rings (SSSR count). The zero-order valence-corrected chi connectivity index (χ0v) is 8.56. The maximum absolute atomic E-state index is 11.0. The summed E-state index contributed by atoms with van der Waals surface area (Å²) in [6, 6.07) is 0. The van der Waals surface area contributed by atoms with E-state index in [0.717, 1.165) is 0 Å². The molecule has 0 radical (unpaired) electrons. The van der Waals surface area contributed by atoms with Gasteiger partial charge in [-0.05, 0) is 25.7 Å². The van der Waals surface area contributed by atoms with Gasteiger partial charge in [-0.1, -0.05) is 20.8 Å². The van der Waals surface area contributed by atoms with E-state index in [1.165, 1.54) is 6.92 Å². The van der Waals surface area contributed by atoms with E-state index in [1.807, 2.05) is 20.8 Å². The fourth-order valence-corrected chi connectivity index (χ4v) is 1.04. The topological polar surface area (TPSA) is 37.3 Å². The quantitative estimate of drug-likeness (QED) is 0.511. The zero-order valence-electron chi connectivity index (χ0n) is 8.56. The highest BCUT2D eigenvalue weighted by atomic mass is 16.3. The molecule has 0 heterocycles. The molecule has 1 N–H and O–H groups in total. The molecular formula is C10H18O2. The molecule has 0 saturated carbocycles. The summed E-state index contributed by atoms with van der Waals surface area (Å²) < 4.78 is 0. The molecule has 0 bridgehead atoms. The first-order valence-electron chi connectivity index (χ1n) is 4.13. The third-order valence-electron chi connectivity index (χ3n) is 1.57. The van der Waals surface area contributed by atoms with Gasteiger partial charge in [0.25, 0.3) is 0 Å². The van der Waals surface area contributed by atoms with Crippen molar-refractivity contribution in [2.24, 2.45) is 5.41 Å². The van der Waals surface area contributed by atoms with Crippen molar-refractivity contribution in [3.05, 3.63) is 11.3 Å². The number of aliphatic hydroxyl groups excluding tert-OH is 1. The van der Waals surface area contributed by atoms with E-state index in [1.54, 1.807) is 6.92 Å². The van der Waals surface area contributed by atoms with Crippen molar-refractivity contribution < 1.29 is 9.90 Å². The Labute approximate surface area is 74.3 Å². The maximum atomic E-state index is 11.0. The highest BCUT2D eigenvalue weighted by molar-refractivity contribution is 5.93. The first kappa shape index (κ1) is 11.2. The molecule has 70 valence electrons. The Morgan fingerprint density at radius 1 is 1.25 bits per heavy atom. The molecule has 0 fully saturated rings. The molecule has 0 aliphatic carbocycles. The van der Waals surface area contributed by atoms with E-state index in [2.05, 4.69) is 0 Å². The largest absolute Gasteiger partial charge is 0.512 e. The molecule has 0 aromatic rings. The summed E-state index contributed by atoms with van der Waals surface area (Å²) in [7, 11) is 0. The molecule has 0 aromatic heterocycles. The number of hydrogen-bond donors (Lipinski definition) is 1. The van der Waals surface area contributed by atoms with Gasteiger partial charge in [-0.2, -0.15) is 0 Å². The number of aliphatic hydroxyl groups is 1. The van der Waals surface area contributed by atoms with Gasteiger partial charge in [0, 0.05) is 5.57 Å². The Balaban J connectivity index is 4.60. The fraction of sp³-hybridized carbons (Fsp3) is 0.700. The zero-order chi connectivity index (χ0) is 9.94. The van der Waals surface area contributed by atoms with E-state index < -0.39 is 0 Å². The second kappa shape index (κ2) is 3.74. The first-order valence-corrected chi connectivity index (χ1v) is 4.13. The van der Waals surface area contributed by atoms with Crippen LogP contribution in [0.2, 0.25) is 0 Å². The summed E-state index contributed by atoms with van der Waals surface area (Å²) in [6.45, 7) is 9.17. The molecule has 0 aromatic carbocycles. The average molecular weight is 170 g/mol. The smallest absolute Gasteiger partial charge is 0.159 e. The lowest BCUT2D eigenvalue weighted by atomic mass is 9.86. The molecule has 0 unspecified atom stereocenters. The summed E-state index contributed by atoms with van der Waals surface area (Å²) in [5, 5.41) is 9.20. The van der Waals surface area contributed by atoms with Crippen LogP contribution in [0.15, 0.2) is 11.3 Å². The van der Waals surface area contributed by atoms with Crippen molar-refractivity contribution in [2.75, 3.05) is 0 Å². The van der Waals surface area contributed by atoms with E-state index in [-0.39, 0.29) is 17.0 Å². The van der Waals surface area contributed by atoms with Gasteiger partial charge in [0.2, 0.25) is 0 Å². The number of Topliss-reactive ketones (excluding diaryl/α,β-unsaturated/α-hetero) is 1. The van der Waals surface area contributed by atoms with Crippen molar-refractivity contribution in [1.29, 1.82) is 0 Å². The molecule has 12 heavy (non-hydrogen) atoms. The Morgan fingerprint density at radius 3 is 1.75 bits per heavy atom. The lowest BCUT2D eigenvalue weighted by Crippen LogP contribution is -2.12. The number of carbonyl (C=O) groups excluding carboxylic acids is 1. The number of allylic oxidation sites excluding steroid dienone is 2. The van der Waals surface area contributed by atoms with E-state index in [0.29, 0.717) is 12.0 Å². The Hall–Kier alpha value is -0.790. The minimum Gasteiger partial charge on any atom is -0.512 e. The van der Waals surface area contributed by atoms with Crippen LogP contribution in [0.3, 0.4) is 0 Å². The van der Waals surface area contributed by atoms with Crippen LogP contribution in [0.1, 0.15) is 41.0 Å². The third kappa shape index (κ3) is 4.16. The summed E-state index contributed by atoms with van der Waals surface area (Å²) in [6.07, 6.45) is 0.630. The van der Waals surface area contributed by atoms with Gasteiger partial charge in [0.1, 0.15) is 0 Å². The van der Waals surface area contributed by atoms with Crippen molar-refractivity contribution in [2.45, 2.75) is 41.0 Å². The van der Waals surface area contributed by atoms with Crippen molar-refractivity contribution in [3.63, 3.8) is 0 Å². The van der Waals surface area contributed by atoms with Gasteiger partial charge >= 0.3 is 0 Å². The van der Waals surface area contributed by atoms with Crippen LogP contribution < -0.4 is 0 Å². The van der Waals surface area contributed by atoms with Crippen molar-refractivity contribution in [3.8, 4) is 0 Å². The highest BCUT2D eigenvalue weighted by Gasteiger charge is 2.17. The van der Waals surface area contributed by atoms with Crippen LogP contribution in [0.25, 0.3) is 0 Å². The molecule has 0 atom stereocenters. The van der Waals surface area contributed by atoms with Crippen LogP contribution in [-0.2, 0) is 4.79 Å². The Bertz CT molecular complexity index is 202. The van der Waals surface area contributed by atoms with Crippen LogP contribution in [0, 0.1) is 5.41 Å². The monoisotopic (exact) mass is 170 g/mol.